The molecular weight excluding hydrogens is 244 g/mol. The number of ether oxygens (including phenoxy) is 1. The van der Waals surface area contributed by atoms with Gasteiger partial charge in [-0.25, -0.2) is 4.98 Å². The summed E-state index contributed by atoms with van der Waals surface area (Å²) in [4.78, 5) is 5.57. The highest BCUT2D eigenvalue weighted by atomic mass is 32.1. The molecule has 0 bridgehead atoms. The molecule has 0 aliphatic heterocycles. The number of aromatic nitrogens is 1. The van der Waals surface area contributed by atoms with Crippen molar-refractivity contribution in [2.75, 3.05) is 12.3 Å². The highest BCUT2D eigenvalue weighted by Gasteiger charge is 2.04. The van der Waals surface area contributed by atoms with E-state index in [9.17, 15) is 0 Å². The van der Waals surface area contributed by atoms with Gasteiger partial charge in [-0.1, -0.05) is 18.7 Å². The lowest BCUT2D eigenvalue weighted by Gasteiger charge is -2.08. The zero-order valence-electron chi connectivity index (χ0n) is 10.3. The Morgan fingerprint density at radius 2 is 2.33 bits per heavy atom. The van der Waals surface area contributed by atoms with E-state index < -0.39 is 0 Å². The number of anilines is 1. The number of nitrogens with zero attached hydrogens (tertiary/aromatic N) is 1. The van der Waals surface area contributed by atoms with E-state index in [0.717, 1.165) is 17.0 Å². The largest absolute Gasteiger partial charge is 0.487 e. The molecule has 2 rings (SSSR count). The molecule has 2 aromatic rings. The Morgan fingerprint density at radius 3 is 2.94 bits per heavy atom. The van der Waals surface area contributed by atoms with Gasteiger partial charge in [0, 0.05) is 17.5 Å². The minimum Gasteiger partial charge on any atom is -0.487 e. The van der Waals surface area contributed by atoms with Crippen molar-refractivity contribution in [3.05, 3.63) is 52.5 Å². The van der Waals surface area contributed by atoms with Crippen LogP contribution in [0.15, 0.2) is 37.1 Å². The zero-order valence-corrected chi connectivity index (χ0v) is 11.2. The lowest BCUT2D eigenvalue weighted by molar-refractivity contribution is 0.365. The van der Waals surface area contributed by atoms with Crippen molar-refractivity contribution in [1.82, 2.24) is 4.98 Å². The summed E-state index contributed by atoms with van der Waals surface area (Å²) < 4.78 is 5.44. The van der Waals surface area contributed by atoms with Gasteiger partial charge in [0.2, 0.25) is 0 Å². The fourth-order valence-electron chi connectivity index (χ4n) is 1.65. The molecule has 0 saturated heterocycles. The van der Waals surface area contributed by atoms with Crippen molar-refractivity contribution in [1.29, 1.82) is 0 Å². The molecule has 0 radical (unpaired) electrons. The monoisotopic (exact) mass is 260 g/mol. The molecule has 0 aliphatic rings. The summed E-state index contributed by atoms with van der Waals surface area (Å²) in [6.45, 7) is 6.13. The smallest absolute Gasteiger partial charge is 0.142 e. The molecule has 1 aromatic carbocycles. The van der Waals surface area contributed by atoms with E-state index in [1.165, 1.54) is 4.88 Å². The molecule has 0 aliphatic carbocycles. The average molecular weight is 260 g/mol. The summed E-state index contributed by atoms with van der Waals surface area (Å²) in [5.74, 6) is 0.703. The third-order valence-electron chi connectivity index (χ3n) is 2.46. The zero-order chi connectivity index (χ0) is 13.0. The quantitative estimate of drug-likeness (QED) is 0.663. The van der Waals surface area contributed by atoms with Gasteiger partial charge in [0.15, 0.2) is 0 Å². The normalized spacial score (nSPS) is 10.3. The molecule has 3 nitrogen and oxygen atoms in total. The van der Waals surface area contributed by atoms with Gasteiger partial charge < -0.3 is 10.5 Å². The number of thiazole rings is 1. The molecule has 0 unspecified atom stereocenters. The maximum Gasteiger partial charge on any atom is 0.142 e. The van der Waals surface area contributed by atoms with Crippen molar-refractivity contribution < 1.29 is 4.74 Å². The van der Waals surface area contributed by atoms with Crippen LogP contribution in [-0.4, -0.2) is 11.6 Å². The molecule has 0 spiro atoms. The molecule has 18 heavy (non-hydrogen) atoms. The second-order valence-electron chi connectivity index (χ2n) is 4.01. The van der Waals surface area contributed by atoms with Gasteiger partial charge in [0.1, 0.15) is 12.4 Å². The van der Waals surface area contributed by atoms with Gasteiger partial charge in [-0.3, -0.25) is 0 Å². The molecular formula is C14H16N2OS. The van der Waals surface area contributed by atoms with Crippen LogP contribution in [0.5, 0.6) is 5.75 Å². The van der Waals surface area contributed by atoms with E-state index in [4.69, 9.17) is 10.5 Å². The Morgan fingerprint density at radius 1 is 1.50 bits per heavy atom. The highest BCUT2D eigenvalue weighted by Crippen LogP contribution is 2.24. The fourth-order valence-corrected chi connectivity index (χ4v) is 2.47. The second kappa shape index (κ2) is 5.69. The third-order valence-corrected chi connectivity index (χ3v) is 3.37. The summed E-state index contributed by atoms with van der Waals surface area (Å²) in [7, 11) is 0. The van der Waals surface area contributed by atoms with Crippen LogP contribution in [-0.2, 0) is 6.42 Å². The molecule has 2 N–H and O–H groups in total. The summed E-state index contributed by atoms with van der Waals surface area (Å²) in [5, 5.41) is 1.10. The summed E-state index contributed by atoms with van der Waals surface area (Å²) in [5.41, 5.74) is 7.75. The van der Waals surface area contributed by atoms with Crippen LogP contribution in [0.2, 0.25) is 0 Å². The average Bonchev–Trinajstić information content (AvgIpc) is 2.74. The summed E-state index contributed by atoms with van der Waals surface area (Å²) in [6, 6.07) is 5.86. The Kier molecular flexibility index (Phi) is 3.99. The standard InChI is InChI=1S/C14H16N2OS/c1-3-6-17-13-5-4-11(7-12(13)15)8-14-16-9-10(2)18-14/h3-5,7,9H,1,6,8,15H2,2H3. The molecule has 0 fully saturated rings. The van der Waals surface area contributed by atoms with E-state index in [1.807, 2.05) is 24.4 Å². The first-order valence-electron chi connectivity index (χ1n) is 5.72. The molecule has 4 heteroatoms. The van der Waals surface area contributed by atoms with Crippen LogP contribution in [0.1, 0.15) is 15.4 Å². The fraction of sp³-hybridized carbons (Fsp3) is 0.214. The predicted molar refractivity (Wildman–Crippen MR) is 76.2 cm³/mol. The molecule has 0 saturated carbocycles. The Labute approximate surface area is 111 Å². The van der Waals surface area contributed by atoms with E-state index >= 15 is 0 Å². The van der Waals surface area contributed by atoms with E-state index in [-0.39, 0.29) is 0 Å². The van der Waals surface area contributed by atoms with E-state index in [1.54, 1.807) is 17.4 Å². The van der Waals surface area contributed by atoms with E-state index in [0.29, 0.717) is 18.0 Å². The van der Waals surface area contributed by atoms with Gasteiger partial charge in [-0.15, -0.1) is 11.3 Å². The van der Waals surface area contributed by atoms with Crippen molar-refractivity contribution in [2.24, 2.45) is 0 Å². The van der Waals surface area contributed by atoms with Gasteiger partial charge in [-0.05, 0) is 24.6 Å². The summed E-state index contributed by atoms with van der Waals surface area (Å²) in [6.07, 6.45) is 4.40. The third kappa shape index (κ3) is 3.11. The molecule has 1 heterocycles. The van der Waals surface area contributed by atoms with Gasteiger partial charge in [0.05, 0.1) is 10.7 Å². The number of rotatable bonds is 5. The second-order valence-corrected chi connectivity index (χ2v) is 5.33. The first-order chi connectivity index (χ1) is 8.69. The minimum absolute atomic E-state index is 0.467. The van der Waals surface area contributed by atoms with Crippen molar-refractivity contribution in [3.8, 4) is 5.75 Å². The topological polar surface area (TPSA) is 48.1 Å². The number of hydrogen-bond donors (Lipinski definition) is 1. The van der Waals surface area contributed by atoms with Gasteiger partial charge in [0.25, 0.3) is 0 Å². The van der Waals surface area contributed by atoms with Crippen LogP contribution in [0.3, 0.4) is 0 Å². The van der Waals surface area contributed by atoms with E-state index in [2.05, 4.69) is 18.5 Å². The van der Waals surface area contributed by atoms with Gasteiger partial charge in [-0.2, -0.15) is 0 Å². The van der Waals surface area contributed by atoms with Crippen molar-refractivity contribution >= 4 is 17.0 Å². The molecule has 0 atom stereocenters. The molecule has 94 valence electrons. The number of nitrogen functional groups attached to an aromatic ring is 1. The van der Waals surface area contributed by atoms with Crippen LogP contribution in [0.25, 0.3) is 0 Å². The Hall–Kier alpha value is -1.81. The first kappa shape index (κ1) is 12.6. The lowest BCUT2D eigenvalue weighted by Crippen LogP contribution is -1.98. The predicted octanol–water partition coefficient (Wildman–Crippen LogP) is 3.19. The van der Waals surface area contributed by atoms with Gasteiger partial charge >= 0.3 is 0 Å². The van der Waals surface area contributed by atoms with Crippen LogP contribution < -0.4 is 10.5 Å². The number of benzene rings is 1. The van der Waals surface area contributed by atoms with Crippen LogP contribution in [0.4, 0.5) is 5.69 Å². The number of hydrogen-bond acceptors (Lipinski definition) is 4. The van der Waals surface area contributed by atoms with Crippen molar-refractivity contribution in [2.45, 2.75) is 13.3 Å². The summed E-state index contributed by atoms with van der Waals surface area (Å²) >= 11 is 1.71. The maximum absolute atomic E-state index is 5.94. The number of aryl methyl sites for hydroxylation is 1. The molecule has 0 amide bonds. The Balaban J connectivity index is 2.10. The first-order valence-corrected chi connectivity index (χ1v) is 6.54. The lowest BCUT2D eigenvalue weighted by atomic mass is 10.1. The van der Waals surface area contributed by atoms with Crippen LogP contribution >= 0.6 is 11.3 Å². The van der Waals surface area contributed by atoms with Crippen LogP contribution in [0, 0.1) is 6.92 Å². The highest BCUT2D eigenvalue weighted by molar-refractivity contribution is 7.11. The minimum atomic E-state index is 0.467. The van der Waals surface area contributed by atoms with Crippen molar-refractivity contribution in [3.63, 3.8) is 0 Å². The maximum atomic E-state index is 5.94. The molecule has 1 aromatic heterocycles. The number of nitrogens with two attached hydrogens (primary N) is 1. The SMILES string of the molecule is C=CCOc1ccc(Cc2ncc(C)s2)cc1N. The Bertz CT molecular complexity index is 548.